The van der Waals surface area contributed by atoms with Crippen LogP contribution in [-0.4, -0.2) is 82.1 Å². The van der Waals surface area contributed by atoms with Crippen LogP contribution in [-0.2, 0) is 24.2 Å². The van der Waals surface area contributed by atoms with E-state index in [4.69, 9.17) is 25.2 Å². The smallest absolute Gasteiger partial charge is 0.316 e. The van der Waals surface area contributed by atoms with Crippen molar-refractivity contribution in [2.24, 2.45) is 0 Å². The second-order valence-corrected chi connectivity index (χ2v) is 2.21. The Labute approximate surface area is 106 Å². The minimum Gasteiger partial charge on any atom is -0.394 e. The predicted molar refractivity (Wildman–Crippen MR) is 45.5 cm³/mol. The van der Waals surface area contributed by atoms with E-state index in [-0.39, 0.29) is 69.0 Å². The molecule has 5 nitrogen and oxygen atoms in total. The summed E-state index contributed by atoms with van der Waals surface area (Å²) in [5, 5.41) is 34.1. The summed E-state index contributed by atoms with van der Waals surface area (Å²) in [6, 6.07) is 0. The summed E-state index contributed by atoms with van der Waals surface area (Å²) in [6.45, 7) is -0.800. The van der Waals surface area contributed by atoms with Gasteiger partial charge in [0.1, 0.15) is 12.2 Å². The summed E-state index contributed by atoms with van der Waals surface area (Å²) in [5.74, 6) is 0. The van der Waals surface area contributed by atoms with Gasteiger partial charge in [0.15, 0.2) is 0 Å². The fourth-order valence-corrected chi connectivity index (χ4v) is 0.446. The van der Waals surface area contributed by atoms with E-state index >= 15 is 0 Å². The van der Waals surface area contributed by atoms with Crippen LogP contribution in [0.3, 0.4) is 0 Å². The second-order valence-electron chi connectivity index (χ2n) is 2.21. The molecule has 0 aliphatic heterocycles. The first-order valence-electron chi connectivity index (χ1n) is 3.36. The van der Waals surface area contributed by atoms with Crippen molar-refractivity contribution in [2.45, 2.75) is 12.2 Å². The molecule has 0 saturated carbocycles. The molecule has 0 saturated heterocycles. The first-order chi connectivity index (χ1) is 5.20. The third-order valence-corrected chi connectivity index (χ3v) is 1.04. The van der Waals surface area contributed by atoms with Crippen LogP contribution in [0, 0.1) is 0 Å². The van der Waals surface area contributed by atoms with Crippen molar-refractivity contribution in [3.63, 3.8) is 0 Å². The molecule has 0 radical (unpaired) electrons. The summed E-state index contributed by atoms with van der Waals surface area (Å²) in [6.07, 6.45) is -1.83. The standard InChI is InChI=1S/C6H14O5.Mg.Zn.2H/c7-1-5(9)3-11-4-6(10)2-8;;;;/h5-10H,1-4H2;;;;. The Morgan fingerprint density at radius 2 is 1.23 bits per heavy atom. The molecule has 0 rings (SSSR count). The van der Waals surface area contributed by atoms with Crippen LogP contribution in [0.5, 0.6) is 0 Å². The van der Waals surface area contributed by atoms with Gasteiger partial charge >= 0.3 is 23.1 Å². The molecule has 0 aromatic rings. The minimum absolute atomic E-state index is 0. The van der Waals surface area contributed by atoms with E-state index in [1.807, 2.05) is 0 Å². The molecule has 2 unspecified atom stereocenters. The van der Waals surface area contributed by atoms with Gasteiger partial charge in [-0.2, -0.15) is 0 Å². The van der Waals surface area contributed by atoms with Crippen molar-refractivity contribution in [1.29, 1.82) is 0 Å². The molecule has 0 aliphatic rings. The predicted octanol–water partition coefficient (Wildman–Crippen LogP) is -3.21. The van der Waals surface area contributed by atoms with E-state index in [1.54, 1.807) is 0 Å². The summed E-state index contributed by atoms with van der Waals surface area (Å²) in [4.78, 5) is 0. The van der Waals surface area contributed by atoms with Gasteiger partial charge in [-0.1, -0.05) is 0 Å². The minimum atomic E-state index is -0.916. The molecule has 0 aromatic carbocycles. The van der Waals surface area contributed by atoms with Crippen LogP contribution in [0.25, 0.3) is 0 Å². The van der Waals surface area contributed by atoms with Crippen LogP contribution in [0.2, 0.25) is 0 Å². The van der Waals surface area contributed by atoms with Crippen molar-refractivity contribution < 1.29 is 44.6 Å². The quantitative estimate of drug-likeness (QED) is 0.376. The van der Waals surface area contributed by atoms with Crippen LogP contribution in [0.4, 0.5) is 0 Å². The fraction of sp³-hybridized carbons (Fsp3) is 1.00. The Hall–Kier alpha value is 1.19. The molecule has 0 amide bonds. The van der Waals surface area contributed by atoms with Gasteiger partial charge in [0.05, 0.1) is 26.4 Å². The summed E-state index contributed by atoms with van der Waals surface area (Å²) >= 11 is 0. The molecule has 2 atom stereocenters. The van der Waals surface area contributed by atoms with Crippen molar-refractivity contribution in [3.8, 4) is 0 Å². The molecular formula is C6H16MgO5Zn. The fourth-order valence-electron chi connectivity index (χ4n) is 0.446. The van der Waals surface area contributed by atoms with Gasteiger partial charge in [-0.3, -0.25) is 0 Å². The molecule has 4 N–H and O–H groups in total. The SMILES string of the molecule is OCC(O)COCC(O)CO.[MgH2].[Zn]. The van der Waals surface area contributed by atoms with Crippen molar-refractivity contribution >= 4 is 23.1 Å². The van der Waals surface area contributed by atoms with Crippen LogP contribution < -0.4 is 0 Å². The topological polar surface area (TPSA) is 90.2 Å². The molecule has 74 valence electrons. The van der Waals surface area contributed by atoms with Crippen LogP contribution in [0.1, 0.15) is 0 Å². The monoisotopic (exact) mass is 256 g/mol. The summed E-state index contributed by atoms with van der Waals surface area (Å²) in [5.41, 5.74) is 0. The Balaban J connectivity index is -0.000000500. The van der Waals surface area contributed by atoms with Gasteiger partial charge in [0.25, 0.3) is 0 Å². The van der Waals surface area contributed by atoms with Gasteiger partial charge in [0.2, 0.25) is 0 Å². The Bertz CT molecular complexity index is 87.1. The maximum Gasteiger partial charge on any atom is 0.316 e. The van der Waals surface area contributed by atoms with Gasteiger partial charge in [0, 0.05) is 19.5 Å². The Morgan fingerprint density at radius 3 is 1.46 bits per heavy atom. The molecule has 0 spiro atoms. The number of ether oxygens (including phenoxy) is 1. The zero-order valence-electron chi connectivity index (χ0n) is 6.89. The van der Waals surface area contributed by atoms with E-state index in [9.17, 15) is 0 Å². The number of aliphatic hydroxyl groups is 4. The van der Waals surface area contributed by atoms with Crippen molar-refractivity contribution in [2.75, 3.05) is 26.4 Å². The molecule has 0 aromatic heterocycles. The van der Waals surface area contributed by atoms with E-state index in [2.05, 4.69) is 0 Å². The van der Waals surface area contributed by atoms with Crippen LogP contribution >= 0.6 is 0 Å². The largest absolute Gasteiger partial charge is 0.394 e. The zero-order valence-corrected chi connectivity index (χ0v) is 9.85. The number of rotatable bonds is 6. The molecule has 0 fully saturated rings. The average molecular weight is 258 g/mol. The van der Waals surface area contributed by atoms with Gasteiger partial charge < -0.3 is 25.2 Å². The average Bonchev–Trinajstić information content (AvgIpc) is 2.04. The van der Waals surface area contributed by atoms with Gasteiger partial charge in [-0.15, -0.1) is 0 Å². The third-order valence-electron chi connectivity index (χ3n) is 1.04. The second kappa shape index (κ2) is 13.2. The van der Waals surface area contributed by atoms with E-state index in [0.29, 0.717) is 0 Å². The molecular weight excluding hydrogens is 242 g/mol. The van der Waals surface area contributed by atoms with Crippen molar-refractivity contribution in [1.82, 2.24) is 0 Å². The first-order valence-corrected chi connectivity index (χ1v) is 3.36. The molecule has 0 aliphatic carbocycles. The summed E-state index contributed by atoms with van der Waals surface area (Å²) in [7, 11) is 0. The molecule has 13 heavy (non-hydrogen) atoms. The molecule has 7 heteroatoms. The normalized spacial score (nSPS) is 13.8. The first kappa shape index (κ1) is 19.7. The number of hydrogen-bond donors (Lipinski definition) is 4. The maximum atomic E-state index is 8.72. The third kappa shape index (κ3) is 13.2. The number of hydrogen-bond acceptors (Lipinski definition) is 5. The number of aliphatic hydroxyl groups excluding tert-OH is 4. The van der Waals surface area contributed by atoms with E-state index < -0.39 is 12.2 Å². The van der Waals surface area contributed by atoms with Crippen LogP contribution in [0.15, 0.2) is 0 Å². The van der Waals surface area contributed by atoms with E-state index in [0.717, 1.165) is 0 Å². The van der Waals surface area contributed by atoms with Gasteiger partial charge in [-0.25, -0.2) is 0 Å². The zero-order chi connectivity index (χ0) is 8.69. The van der Waals surface area contributed by atoms with Gasteiger partial charge in [-0.05, 0) is 0 Å². The maximum absolute atomic E-state index is 8.72. The Morgan fingerprint density at radius 1 is 0.923 bits per heavy atom. The van der Waals surface area contributed by atoms with Crippen molar-refractivity contribution in [3.05, 3.63) is 0 Å². The molecule has 0 bridgehead atoms. The summed E-state index contributed by atoms with van der Waals surface area (Å²) < 4.78 is 4.72. The van der Waals surface area contributed by atoms with E-state index in [1.165, 1.54) is 0 Å². The molecule has 0 heterocycles. The Kier molecular flexibility index (Phi) is 20.0.